The van der Waals surface area contributed by atoms with Crippen molar-refractivity contribution < 1.29 is 37.8 Å². The lowest BCUT2D eigenvalue weighted by molar-refractivity contribution is -0.146. The molecule has 0 aliphatic carbocycles. The van der Waals surface area contributed by atoms with E-state index >= 15 is 4.39 Å². The van der Waals surface area contributed by atoms with Gasteiger partial charge in [0, 0.05) is 20.0 Å². The molecule has 0 radical (unpaired) electrons. The molecule has 0 aromatic heterocycles. The zero-order valence-electron chi connectivity index (χ0n) is 23.0. The average Bonchev–Trinajstić information content (AvgIpc) is 3.24. The van der Waals surface area contributed by atoms with E-state index in [1.165, 1.54) is 13.0 Å². The molecule has 1 atom stereocenters. The minimum Gasteiger partial charge on any atom is -0.459 e. The van der Waals surface area contributed by atoms with Gasteiger partial charge in [-0.05, 0) is 35.9 Å². The fraction of sp³-hybridized carbons (Fsp3) is 0.290. The lowest BCUT2D eigenvalue weighted by Crippen LogP contribution is -2.46. The van der Waals surface area contributed by atoms with Crippen LogP contribution in [0.25, 0.3) is 0 Å². The number of imide groups is 1. The van der Waals surface area contributed by atoms with Crippen molar-refractivity contribution in [3.8, 4) is 0 Å². The smallest absolute Gasteiger partial charge is 0.414 e. The van der Waals surface area contributed by atoms with E-state index in [2.05, 4.69) is 0 Å². The number of fused-ring (bicyclic) bond motifs is 1. The standard InChI is InChI=1S/C31H30FN3O7/c1-21(36)42-24(19-35-29(37)25-9-5-6-10-26(25)30(35)38)18-34(31(39)41-20-22-7-3-2-4-8-22)23-11-12-28(27(32)17-23)33-13-15-40-16-14-33/h2-12,17,24H,13-16,18-20H2,1H3/t24-/m1/s1. The van der Waals surface area contributed by atoms with Crippen molar-refractivity contribution in [1.82, 2.24) is 4.90 Å². The van der Waals surface area contributed by atoms with Crippen LogP contribution in [0.5, 0.6) is 0 Å². The second-order valence-corrected chi connectivity index (χ2v) is 9.88. The highest BCUT2D eigenvalue weighted by molar-refractivity contribution is 6.21. The van der Waals surface area contributed by atoms with Crippen molar-refractivity contribution in [3.63, 3.8) is 0 Å². The maximum Gasteiger partial charge on any atom is 0.414 e. The normalized spacial score (nSPS) is 15.3. The van der Waals surface area contributed by atoms with Crippen LogP contribution >= 0.6 is 0 Å². The number of amides is 3. The van der Waals surface area contributed by atoms with Crippen molar-refractivity contribution >= 4 is 35.3 Å². The Labute approximate surface area is 242 Å². The summed E-state index contributed by atoms with van der Waals surface area (Å²) in [6.45, 7) is 2.49. The Morgan fingerprint density at radius 2 is 1.60 bits per heavy atom. The largest absolute Gasteiger partial charge is 0.459 e. The maximum absolute atomic E-state index is 15.4. The summed E-state index contributed by atoms with van der Waals surface area (Å²) in [5, 5.41) is 0. The molecular weight excluding hydrogens is 545 g/mol. The van der Waals surface area contributed by atoms with Crippen molar-refractivity contribution in [2.45, 2.75) is 19.6 Å². The number of hydrogen-bond acceptors (Lipinski definition) is 8. The minimum absolute atomic E-state index is 0.0544. The van der Waals surface area contributed by atoms with E-state index in [9.17, 15) is 19.2 Å². The van der Waals surface area contributed by atoms with Crippen molar-refractivity contribution in [3.05, 3.63) is 95.3 Å². The van der Waals surface area contributed by atoms with E-state index in [0.717, 1.165) is 15.4 Å². The molecule has 1 fully saturated rings. The third-order valence-corrected chi connectivity index (χ3v) is 7.00. The number of carbonyl (C=O) groups is 4. The number of morpholine rings is 1. The van der Waals surface area contributed by atoms with E-state index in [4.69, 9.17) is 14.2 Å². The number of hydrogen-bond donors (Lipinski definition) is 0. The number of esters is 1. The first-order valence-corrected chi connectivity index (χ1v) is 13.5. The summed E-state index contributed by atoms with van der Waals surface area (Å²) in [4.78, 5) is 55.5. The molecule has 218 valence electrons. The van der Waals surface area contributed by atoms with Crippen LogP contribution in [0.15, 0.2) is 72.8 Å². The zero-order chi connectivity index (χ0) is 29.6. The van der Waals surface area contributed by atoms with E-state index in [-0.39, 0.29) is 36.5 Å². The Morgan fingerprint density at radius 1 is 0.952 bits per heavy atom. The summed E-state index contributed by atoms with van der Waals surface area (Å²) >= 11 is 0. The molecule has 1 saturated heterocycles. The van der Waals surface area contributed by atoms with Gasteiger partial charge < -0.3 is 19.1 Å². The first-order chi connectivity index (χ1) is 20.3. The number of nitrogens with zero attached hydrogens (tertiary/aromatic N) is 3. The van der Waals surface area contributed by atoms with Crippen LogP contribution in [0.3, 0.4) is 0 Å². The molecule has 42 heavy (non-hydrogen) atoms. The highest BCUT2D eigenvalue weighted by atomic mass is 19.1. The van der Waals surface area contributed by atoms with Gasteiger partial charge in [-0.2, -0.15) is 0 Å². The van der Waals surface area contributed by atoms with Crippen LogP contribution in [-0.4, -0.2) is 74.3 Å². The summed E-state index contributed by atoms with van der Waals surface area (Å²) in [6, 6.07) is 19.8. The summed E-state index contributed by atoms with van der Waals surface area (Å²) in [5.41, 5.74) is 1.74. The zero-order valence-corrected chi connectivity index (χ0v) is 23.0. The molecule has 2 heterocycles. The van der Waals surface area contributed by atoms with Gasteiger partial charge in [0.1, 0.15) is 18.5 Å². The van der Waals surface area contributed by atoms with Gasteiger partial charge in [-0.15, -0.1) is 0 Å². The first-order valence-electron chi connectivity index (χ1n) is 13.5. The quantitative estimate of drug-likeness (QED) is 0.278. The molecule has 3 amide bonds. The van der Waals surface area contributed by atoms with Crippen molar-refractivity contribution in [2.24, 2.45) is 0 Å². The number of benzene rings is 3. The Balaban J connectivity index is 1.41. The second kappa shape index (κ2) is 12.8. The van der Waals surface area contributed by atoms with E-state index in [1.807, 2.05) is 11.0 Å². The van der Waals surface area contributed by atoms with Crippen molar-refractivity contribution in [1.29, 1.82) is 0 Å². The topological polar surface area (TPSA) is 106 Å². The summed E-state index contributed by atoms with van der Waals surface area (Å²) in [6.07, 6.45) is -1.95. The van der Waals surface area contributed by atoms with Crippen LogP contribution in [0, 0.1) is 5.82 Å². The number of ether oxygens (including phenoxy) is 3. The van der Waals surface area contributed by atoms with Crippen molar-refractivity contribution in [2.75, 3.05) is 49.2 Å². The third kappa shape index (κ3) is 6.41. The van der Waals surface area contributed by atoms with Gasteiger partial charge in [0.2, 0.25) is 0 Å². The van der Waals surface area contributed by atoms with Crippen LogP contribution in [0.4, 0.5) is 20.6 Å². The predicted octanol–water partition coefficient (Wildman–Crippen LogP) is 4.03. The number of halogens is 1. The number of anilines is 2. The SMILES string of the molecule is CC(=O)O[C@@H](CN1C(=O)c2ccccc2C1=O)CN(C(=O)OCc1ccccc1)c1ccc(N2CCOCC2)c(F)c1. The van der Waals surface area contributed by atoms with Gasteiger partial charge >= 0.3 is 12.1 Å². The van der Waals surface area contributed by atoms with Crippen LogP contribution in [-0.2, 0) is 25.6 Å². The highest BCUT2D eigenvalue weighted by Crippen LogP contribution is 2.28. The van der Waals surface area contributed by atoms with Gasteiger partial charge in [0.25, 0.3) is 11.8 Å². The number of rotatable bonds is 9. The van der Waals surface area contributed by atoms with Gasteiger partial charge in [-0.1, -0.05) is 42.5 Å². The molecule has 0 bridgehead atoms. The summed E-state index contributed by atoms with van der Waals surface area (Å²) in [7, 11) is 0. The van der Waals surface area contributed by atoms with Gasteiger partial charge in [-0.25, -0.2) is 9.18 Å². The molecule has 0 unspecified atom stereocenters. The molecule has 3 aromatic rings. The summed E-state index contributed by atoms with van der Waals surface area (Å²) < 4.78 is 31.8. The van der Waals surface area contributed by atoms with Crippen LogP contribution < -0.4 is 9.80 Å². The van der Waals surface area contributed by atoms with Gasteiger partial charge in [0.05, 0.1) is 48.8 Å². The highest BCUT2D eigenvalue weighted by Gasteiger charge is 2.38. The molecule has 2 aliphatic rings. The maximum atomic E-state index is 15.4. The fourth-order valence-corrected chi connectivity index (χ4v) is 4.99. The van der Waals surface area contributed by atoms with Crippen LogP contribution in [0.1, 0.15) is 33.2 Å². The molecular formula is C31H30FN3O7. The van der Waals surface area contributed by atoms with E-state index < -0.39 is 35.8 Å². The second-order valence-electron chi connectivity index (χ2n) is 9.88. The average molecular weight is 576 g/mol. The van der Waals surface area contributed by atoms with Gasteiger partial charge in [-0.3, -0.25) is 24.2 Å². The Bertz CT molecular complexity index is 1440. The molecule has 5 rings (SSSR count). The Kier molecular flexibility index (Phi) is 8.77. The molecule has 11 heteroatoms. The molecule has 0 N–H and O–H groups in total. The molecule has 10 nitrogen and oxygen atoms in total. The summed E-state index contributed by atoms with van der Waals surface area (Å²) in [5.74, 6) is -2.30. The predicted molar refractivity (Wildman–Crippen MR) is 151 cm³/mol. The van der Waals surface area contributed by atoms with Gasteiger partial charge in [0.15, 0.2) is 0 Å². The number of carbonyl (C=O) groups excluding carboxylic acids is 4. The van der Waals surface area contributed by atoms with E-state index in [0.29, 0.717) is 32.0 Å². The lowest BCUT2D eigenvalue weighted by Gasteiger charge is -2.31. The van der Waals surface area contributed by atoms with Crippen LogP contribution in [0.2, 0.25) is 0 Å². The fourth-order valence-electron chi connectivity index (χ4n) is 4.99. The molecule has 0 spiro atoms. The third-order valence-electron chi connectivity index (χ3n) is 7.00. The minimum atomic E-state index is -1.13. The van der Waals surface area contributed by atoms with E-state index in [1.54, 1.807) is 60.7 Å². The first kappa shape index (κ1) is 28.7. The molecule has 2 aliphatic heterocycles. The monoisotopic (exact) mass is 575 g/mol. The Morgan fingerprint density at radius 3 is 2.21 bits per heavy atom. The molecule has 0 saturated carbocycles. The molecule has 3 aromatic carbocycles. The Hall–Kier alpha value is -4.77. The lowest BCUT2D eigenvalue weighted by atomic mass is 10.1.